The van der Waals surface area contributed by atoms with Crippen LogP contribution in [0.2, 0.25) is 0 Å². The number of nitrogens with one attached hydrogen (secondary N) is 1. The smallest absolute Gasteiger partial charge is 0.230 e. The van der Waals surface area contributed by atoms with Crippen molar-refractivity contribution >= 4 is 39.1 Å². The van der Waals surface area contributed by atoms with Crippen LogP contribution in [0.4, 0.5) is 5.69 Å². The molecule has 3 saturated carbocycles. The summed E-state index contributed by atoms with van der Waals surface area (Å²) < 4.78 is 0.932. The molecule has 0 aliphatic heterocycles. The van der Waals surface area contributed by atoms with Gasteiger partial charge < -0.3 is 10.4 Å². The number of nitriles is 1. The molecule has 0 saturated heterocycles. The summed E-state index contributed by atoms with van der Waals surface area (Å²) in [5, 5.41) is 26.1. The van der Waals surface area contributed by atoms with Crippen molar-refractivity contribution in [2.45, 2.75) is 99.0 Å². The minimum atomic E-state index is -1.65. The number of rotatable bonds is 2. The van der Waals surface area contributed by atoms with Crippen molar-refractivity contribution in [3.63, 3.8) is 0 Å². The van der Waals surface area contributed by atoms with Gasteiger partial charge in [0.05, 0.1) is 5.57 Å². The van der Waals surface area contributed by atoms with Gasteiger partial charge in [0.2, 0.25) is 5.91 Å². The van der Waals surface area contributed by atoms with Gasteiger partial charge in [-0.1, -0.05) is 70.5 Å². The van der Waals surface area contributed by atoms with Crippen molar-refractivity contribution in [2.75, 3.05) is 5.32 Å². The van der Waals surface area contributed by atoms with E-state index in [4.69, 9.17) is 0 Å². The second-order valence-corrected chi connectivity index (χ2v) is 17.3. The molecule has 8 atom stereocenters. The van der Waals surface area contributed by atoms with Gasteiger partial charge in [0, 0.05) is 37.7 Å². The summed E-state index contributed by atoms with van der Waals surface area (Å²) in [6.45, 7) is 14.4. The van der Waals surface area contributed by atoms with E-state index in [1.165, 1.54) is 0 Å². The number of fused-ring (bicyclic) bond motifs is 7. The Bertz CT molecular complexity index is 1590. The normalized spacial score (nSPS) is 44.1. The predicted molar refractivity (Wildman–Crippen MR) is 173 cm³/mol. The predicted octanol–water partition coefficient (Wildman–Crippen LogP) is 7.72. The van der Waals surface area contributed by atoms with E-state index in [2.05, 4.69) is 55.0 Å². The molecule has 1 aromatic carbocycles. The molecule has 0 aromatic heterocycles. The van der Waals surface area contributed by atoms with Crippen LogP contribution in [0.1, 0.15) is 93.4 Å². The highest BCUT2D eigenvalue weighted by molar-refractivity contribution is 9.10. The second-order valence-electron chi connectivity index (χ2n) is 16.4. The number of hydrogen-bond acceptors (Lipinski definition) is 5. The van der Waals surface area contributed by atoms with E-state index < -0.39 is 38.6 Å². The van der Waals surface area contributed by atoms with Crippen LogP contribution >= 0.6 is 15.9 Å². The fourth-order valence-corrected chi connectivity index (χ4v) is 11.0. The van der Waals surface area contributed by atoms with Crippen LogP contribution in [0.5, 0.6) is 0 Å². The first-order valence-corrected chi connectivity index (χ1v) is 16.9. The van der Waals surface area contributed by atoms with E-state index in [1.807, 2.05) is 51.1 Å². The van der Waals surface area contributed by atoms with Gasteiger partial charge in [-0.2, -0.15) is 5.26 Å². The van der Waals surface area contributed by atoms with Crippen LogP contribution < -0.4 is 5.32 Å². The van der Waals surface area contributed by atoms with Crippen LogP contribution in [-0.4, -0.2) is 28.2 Å². The van der Waals surface area contributed by atoms with E-state index in [-0.39, 0.29) is 34.4 Å². The van der Waals surface area contributed by atoms with Gasteiger partial charge in [0.25, 0.3) is 0 Å². The lowest BCUT2D eigenvalue weighted by molar-refractivity contribution is -0.242. The number of nitrogens with zero attached hydrogens (tertiary/aromatic N) is 1. The van der Waals surface area contributed by atoms with Crippen LogP contribution in [0.15, 0.2) is 52.0 Å². The number of aliphatic hydroxyl groups is 1. The SMILES string of the molecule is CC1(C(=O)Nc2ccc(Br)cc2)CCC2(C)CCC3(C)C4(C)CCC5C(C)(C)C(=O)C(C#N)=CC5(C)C4=CC(=O)C3(O)C2C1. The summed E-state index contributed by atoms with van der Waals surface area (Å²) in [5.41, 5.74) is -3.59. The number of hydrogen-bond donors (Lipinski definition) is 2. The first kappa shape index (κ1) is 31.4. The average molecular weight is 662 g/mol. The number of ketones is 2. The van der Waals surface area contributed by atoms with Gasteiger partial charge in [-0.15, -0.1) is 0 Å². The lowest BCUT2D eigenvalue weighted by Gasteiger charge is -2.71. The van der Waals surface area contributed by atoms with Gasteiger partial charge in [-0.05, 0) is 97.6 Å². The molecular formula is C37H45BrN2O4. The zero-order valence-corrected chi connectivity index (χ0v) is 28.7. The summed E-state index contributed by atoms with van der Waals surface area (Å²) in [6, 6.07) is 9.67. The van der Waals surface area contributed by atoms with Crippen molar-refractivity contribution in [1.29, 1.82) is 5.26 Å². The summed E-state index contributed by atoms with van der Waals surface area (Å²) in [7, 11) is 0. The largest absolute Gasteiger partial charge is 0.381 e. The van der Waals surface area contributed by atoms with Crippen LogP contribution in [0.3, 0.4) is 0 Å². The van der Waals surface area contributed by atoms with E-state index >= 15 is 0 Å². The molecule has 8 unspecified atom stereocenters. The number of allylic oxidation sites excluding steroid dienone is 3. The summed E-state index contributed by atoms with van der Waals surface area (Å²) in [5.74, 6) is -0.960. The molecule has 0 spiro atoms. The van der Waals surface area contributed by atoms with Gasteiger partial charge in [0.1, 0.15) is 11.7 Å². The van der Waals surface area contributed by atoms with Gasteiger partial charge in [-0.3, -0.25) is 14.4 Å². The number of carbonyl (C=O) groups is 3. The number of carbonyl (C=O) groups excluding carboxylic acids is 3. The lowest BCUT2D eigenvalue weighted by atomic mass is 9.33. The first-order valence-electron chi connectivity index (χ1n) is 16.1. The monoisotopic (exact) mass is 660 g/mol. The average Bonchev–Trinajstić information content (AvgIpc) is 2.96. The Morgan fingerprint density at radius 3 is 2.23 bits per heavy atom. The standard InChI is InChI=1S/C37H45BrN2O4/c1-31(2)25-12-13-35(6)26(34(25,5)19-22(21-39)29(31)42)18-28(41)37(44)27-20-33(4,15-14-32(27,3)16-17-36(35,37)7)30(43)40-24-10-8-23(38)9-11-24/h8-11,18-19,25,27,44H,12-17,20H2,1-7H3,(H,40,43). The van der Waals surface area contributed by atoms with Crippen molar-refractivity contribution in [2.24, 2.45) is 44.3 Å². The zero-order chi connectivity index (χ0) is 32.3. The Labute approximate surface area is 269 Å². The highest BCUT2D eigenvalue weighted by atomic mass is 79.9. The molecule has 1 aromatic rings. The van der Waals surface area contributed by atoms with Crippen molar-refractivity contribution in [3.05, 3.63) is 52.0 Å². The quantitative estimate of drug-likeness (QED) is 0.338. The molecule has 3 fully saturated rings. The van der Waals surface area contributed by atoms with Crippen molar-refractivity contribution in [1.82, 2.24) is 0 Å². The molecule has 6 nitrogen and oxygen atoms in total. The maximum Gasteiger partial charge on any atom is 0.230 e. The second kappa shape index (κ2) is 9.48. The molecule has 5 aliphatic carbocycles. The highest BCUT2D eigenvalue weighted by Crippen LogP contribution is 2.75. The van der Waals surface area contributed by atoms with Gasteiger partial charge in [-0.25, -0.2) is 0 Å². The summed E-state index contributed by atoms with van der Waals surface area (Å²) in [6.07, 6.45) is 8.43. The molecule has 7 heteroatoms. The third kappa shape index (κ3) is 3.82. The molecule has 6 rings (SSSR count). The fraction of sp³-hybridized carbons (Fsp3) is 0.622. The number of amides is 1. The van der Waals surface area contributed by atoms with E-state index in [1.54, 1.807) is 6.08 Å². The molecule has 0 bridgehead atoms. The Morgan fingerprint density at radius 2 is 1.59 bits per heavy atom. The van der Waals surface area contributed by atoms with Crippen LogP contribution in [0.25, 0.3) is 0 Å². The fourth-order valence-electron chi connectivity index (χ4n) is 10.8. The highest BCUT2D eigenvalue weighted by Gasteiger charge is 2.75. The number of Topliss-reactive ketones (excluding diaryl/α,β-unsaturated/α-hetero) is 1. The Morgan fingerprint density at radius 1 is 0.955 bits per heavy atom. The molecule has 5 aliphatic rings. The molecular weight excluding hydrogens is 616 g/mol. The molecule has 44 heavy (non-hydrogen) atoms. The van der Waals surface area contributed by atoms with Gasteiger partial charge in [0.15, 0.2) is 11.6 Å². The molecule has 0 heterocycles. The van der Waals surface area contributed by atoms with Crippen molar-refractivity contribution < 1.29 is 19.5 Å². The molecule has 0 radical (unpaired) electrons. The van der Waals surface area contributed by atoms with Crippen LogP contribution in [0, 0.1) is 55.7 Å². The maximum atomic E-state index is 14.7. The summed E-state index contributed by atoms with van der Waals surface area (Å²) in [4.78, 5) is 41.8. The number of benzene rings is 1. The number of anilines is 1. The Kier molecular flexibility index (Phi) is 6.77. The number of halogens is 1. The third-order valence-electron chi connectivity index (χ3n) is 13.9. The molecule has 234 valence electrons. The third-order valence-corrected chi connectivity index (χ3v) is 14.4. The minimum absolute atomic E-state index is 0.0596. The maximum absolute atomic E-state index is 14.7. The first-order chi connectivity index (χ1) is 20.3. The minimum Gasteiger partial charge on any atom is -0.381 e. The van der Waals surface area contributed by atoms with Crippen LogP contribution in [-0.2, 0) is 14.4 Å². The van der Waals surface area contributed by atoms with Gasteiger partial charge >= 0.3 is 0 Å². The zero-order valence-electron chi connectivity index (χ0n) is 27.1. The lowest BCUT2D eigenvalue weighted by Crippen LogP contribution is -2.74. The summed E-state index contributed by atoms with van der Waals surface area (Å²) >= 11 is 3.45. The topological polar surface area (TPSA) is 107 Å². The molecule has 2 N–H and O–H groups in total. The van der Waals surface area contributed by atoms with E-state index in [0.717, 1.165) is 41.4 Å². The Hall–Kier alpha value is -2.56. The van der Waals surface area contributed by atoms with E-state index in [9.17, 15) is 24.8 Å². The Balaban J connectivity index is 1.44. The van der Waals surface area contributed by atoms with E-state index in [0.29, 0.717) is 19.3 Å². The van der Waals surface area contributed by atoms with Crippen molar-refractivity contribution in [3.8, 4) is 6.07 Å². The molecule has 1 amide bonds.